The lowest BCUT2D eigenvalue weighted by atomic mass is 9.83. The van der Waals surface area contributed by atoms with Gasteiger partial charge in [-0.25, -0.2) is 8.42 Å². The van der Waals surface area contributed by atoms with Crippen molar-refractivity contribution >= 4 is 22.1 Å². The summed E-state index contributed by atoms with van der Waals surface area (Å²) in [6.45, 7) is -1.36. The van der Waals surface area contributed by atoms with Crippen LogP contribution in [0.15, 0.2) is 12.2 Å². The van der Waals surface area contributed by atoms with Gasteiger partial charge in [0.25, 0.3) is 0 Å². The molecule has 0 spiro atoms. The highest BCUT2D eigenvalue weighted by atomic mass is 32.2. The third kappa shape index (κ3) is 3.67. The Bertz CT molecular complexity index is 700. The Morgan fingerprint density at radius 1 is 1.16 bits per heavy atom. The molecule has 8 nitrogen and oxygen atoms in total. The van der Waals surface area contributed by atoms with Gasteiger partial charge in [0, 0.05) is 0 Å². The Balaban J connectivity index is 1.65. The molecule has 1 heterocycles. The molecule has 25 heavy (non-hydrogen) atoms. The summed E-state index contributed by atoms with van der Waals surface area (Å²) in [6, 6.07) is 0. The van der Waals surface area contributed by atoms with Crippen molar-refractivity contribution in [3.05, 3.63) is 12.2 Å². The van der Waals surface area contributed by atoms with Crippen LogP contribution in [0.4, 0.5) is 8.78 Å². The molecule has 3 rings (SSSR count). The topological polar surface area (TPSA) is 122 Å². The van der Waals surface area contributed by atoms with E-state index < -0.39 is 45.8 Å². The van der Waals surface area contributed by atoms with Crippen molar-refractivity contribution in [2.45, 2.75) is 17.8 Å². The lowest BCUT2D eigenvalue weighted by Crippen LogP contribution is -2.39. The normalized spacial score (nSPS) is 33.3. The van der Waals surface area contributed by atoms with Gasteiger partial charge in [0.2, 0.25) is 0 Å². The molecule has 3 aliphatic rings. The summed E-state index contributed by atoms with van der Waals surface area (Å²) in [5, 5.41) is -4.73. The van der Waals surface area contributed by atoms with Gasteiger partial charge in [-0.15, -0.1) is 0 Å². The van der Waals surface area contributed by atoms with Crippen LogP contribution in [0.25, 0.3) is 0 Å². The lowest BCUT2D eigenvalue weighted by molar-refractivity contribution is -0.165. The van der Waals surface area contributed by atoms with Gasteiger partial charge in [-0.3, -0.25) is 9.59 Å². The summed E-state index contributed by atoms with van der Waals surface area (Å²) in [5.41, 5.74) is 0. The smallest absolute Gasteiger partial charge is 0.367 e. The van der Waals surface area contributed by atoms with Crippen molar-refractivity contribution in [1.29, 1.82) is 0 Å². The van der Waals surface area contributed by atoms with E-state index in [0.717, 1.165) is 0 Å². The maximum Gasteiger partial charge on any atom is 0.367 e. The van der Waals surface area contributed by atoms with E-state index in [1.54, 1.807) is 12.2 Å². The first kappa shape index (κ1) is 18.2. The second-order valence-electron chi connectivity index (χ2n) is 6.28. The zero-order valence-electron chi connectivity index (χ0n) is 12.8. The molecule has 2 aliphatic carbocycles. The van der Waals surface area contributed by atoms with Crippen LogP contribution in [-0.2, 0) is 33.9 Å². The van der Waals surface area contributed by atoms with E-state index in [9.17, 15) is 31.3 Å². The zero-order valence-corrected chi connectivity index (χ0v) is 13.6. The van der Waals surface area contributed by atoms with Crippen LogP contribution in [0.2, 0.25) is 0 Å². The number of carbonyl (C=O) groups is 2. The van der Waals surface area contributed by atoms with Gasteiger partial charge < -0.3 is 18.8 Å². The number of hydrogen-bond donors (Lipinski definition) is 0. The molecule has 0 radical (unpaired) electrons. The van der Waals surface area contributed by atoms with E-state index in [-0.39, 0.29) is 24.5 Å². The van der Waals surface area contributed by atoms with Gasteiger partial charge in [0.05, 0.1) is 18.4 Å². The number of carbonyl (C=O) groups excluding carboxylic acids is 2. The Hall–Kier alpha value is -1.59. The molecule has 11 heteroatoms. The third-order valence-corrected chi connectivity index (χ3v) is 5.42. The molecular formula is C14H15F2O8S-. The van der Waals surface area contributed by atoms with E-state index in [4.69, 9.17) is 9.47 Å². The minimum Gasteiger partial charge on any atom is -0.743 e. The van der Waals surface area contributed by atoms with Crippen molar-refractivity contribution in [2.24, 2.45) is 23.7 Å². The molecule has 0 N–H and O–H groups in total. The van der Waals surface area contributed by atoms with Crippen LogP contribution >= 0.6 is 0 Å². The summed E-state index contributed by atoms with van der Waals surface area (Å²) in [4.78, 5) is 24.4. The quantitative estimate of drug-likeness (QED) is 0.262. The van der Waals surface area contributed by atoms with Crippen molar-refractivity contribution < 1.29 is 45.6 Å². The van der Waals surface area contributed by atoms with Crippen LogP contribution in [0, 0.1) is 23.7 Å². The largest absolute Gasteiger partial charge is 0.743 e. The van der Waals surface area contributed by atoms with Gasteiger partial charge in [-0.1, -0.05) is 12.2 Å². The number of halogens is 2. The zero-order chi connectivity index (χ0) is 18.4. The van der Waals surface area contributed by atoms with Crippen molar-refractivity contribution in [3.63, 3.8) is 0 Å². The molecule has 0 aromatic carbocycles. The molecule has 0 aromatic rings. The Morgan fingerprint density at radius 3 is 2.16 bits per heavy atom. The molecule has 5 unspecified atom stereocenters. The summed E-state index contributed by atoms with van der Waals surface area (Å²) in [6.07, 6.45) is 3.75. The summed E-state index contributed by atoms with van der Waals surface area (Å²) < 4.78 is 72.0. The fourth-order valence-electron chi connectivity index (χ4n) is 3.22. The van der Waals surface area contributed by atoms with Crippen molar-refractivity contribution in [1.82, 2.24) is 0 Å². The van der Waals surface area contributed by atoms with Gasteiger partial charge >= 0.3 is 17.2 Å². The molecule has 1 saturated heterocycles. The van der Waals surface area contributed by atoms with Crippen molar-refractivity contribution in [3.8, 4) is 0 Å². The lowest BCUT2D eigenvalue weighted by Gasteiger charge is -2.26. The number of rotatable bonds is 7. The SMILES string of the molecule is O=C(OCC1CO1)C1C2C=CC(C2)C1C(=O)OCC(F)(F)S(=O)(=O)[O-]. The van der Waals surface area contributed by atoms with Crippen LogP contribution < -0.4 is 0 Å². The van der Waals surface area contributed by atoms with Crippen LogP contribution in [0.5, 0.6) is 0 Å². The molecule has 1 saturated carbocycles. The van der Waals surface area contributed by atoms with Crippen LogP contribution in [-0.4, -0.2) is 56.1 Å². The average Bonchev–Trinajstić information content (AvgIpc) is 3.13. The highest BCUT2D eigenvalue weighted by Gasteiger charge is 2.54. The van der Waals surface area contributed by atoms with Gasteiger partial charge in [0.15, 0.2) is 16.7 Å². The molecule has 2 bridgehead atoms. The number of hydrogen-bond acceptors (Lipinski definition) is 8. The van der Waals surface area contributed by atoms with Crippen molar-refractivity contribution in [2.75, 3.05) is 19.8 Å². The van der Waals surface area contributed by atoms with E-state index in [0.29, 0.717) is 13.0 Å². The maximum atomic E-state index is 13.1. The molecule has 5 atom stereocenters. The first-order chi connectivity index (χ1) is 11.6. The predicted octanol–water partition coefficient (Wildman–Crippen LogP) is 0.0479. The summed E-state index contributed by atoms with van der Waals surface area (Å²) in [5.74, 6) is -4.41. The highest BCUT2D eigenvalue weighted by molar-refractivity contribution is 7.86. The van der Waals surface area contributed by atoms with E-state index in [1.165, 1.54) is 0 Å². The first-order valence-corrected chi connectivity index (χ1v) is 8.97. The number of epoxide rings is 1. The second-order valence-corrected chi connectivity index (χ2v) is 7.79. The number of allylic oxidation sites excluding steroid dienone is 2. The molecule has 1 aliphatic heterocycles. The van der Waals surface area contributed by atoms with Gasteiger partial charge in [0.1, 0.15) is 12.7 Å². The minimum atomic E-state index is -5.95. The van der Waals surface area contributed by atoms with Gasteiger partial charge in [-0.05, 0) is 18.3 Å². The maximum absolute atomic E-state index is 13.1. The Morgan fingerprint density at radius 2 is 1.68 bits per heavy atom. The fraction of sp³-hybridized carbons (Fsp3) is 0.714. The van der Waals surface area contributed by atoms with Gasteiger partial charge in [-0.2, -0.15) is 8.78 Å². The minimum absolute atomic E-state index is 0.0463. The monoisotopic (exact) mass is 381 g/mol. The number of esters is 2. The standard InChI is InChI=1S/C14H16F2O8S/c15-14(16,25(19,20)21)6-24-13(18)11-8-2-1-7(3-8)10(11)12(17)23-5-9-4-22-9/h1-2,7-11H,3-6H2,(H,19,20,21)/p-1. The molecule has 0 aromatic heterocycles. The predicted molar refractivity (Wildman–Crippen MR) is 74.0 cm³/mol. The Labute approximate surface area is 141 Å². The number of alkyl halides is 2. The second kappa shape index (κ2) is 6.29. The molecule has 2 fully saturated rings. The highest BCUT2D eigenvalue weighted by Crippen LogP contribution is 2.49. The Kier molecular flexibility index (Phi) is 4.58. The molecule has 0 amide bonds. The summed E-state index contributed by atoms with van der Waals surface area (Å²) in [7, 11) is -5.95. The van der Waals surface area contributed by atoms with E-state index >= 15 is 0 Å². The average molecular weight is 381 g/mol. The fourth-order valence-corrected chi connectivity index (χ4v) is 3.43. The van der Waals surface area contributed by atoms with Crippen LogP contribution in [0.1, 0.15) is 6.42 Å². The first-order valence-electron chi connectivity index (χ1n) is 7.56. The van der Waals surface area contributed by atoms with Crippen LogP contribution in [0.3, 0.4) is 0 Å². The van der Waals surface area contributed by atoms with E-state index in [2.05, 4.69) is 4.74 Å². The van der Waals surface area contributed by atoms with E-state index in [1.807, 2.05) is 0 Å². The number of fused-ring (bicyclic) bond motifs is 2. The third-order valence-electron chi connectivity index (χ3n) is 4.57. The molecular weight excluding hydrogens is 366 g/mol. The number of ether oxygens (including phenoxy) is 3. The molecule has 140 valence electrons. The summed E-state index contributed by atoms with van der Waals surface area (Å²) >= 11 is 0.